The number of aliphatic hydroxyl groups is 2. The maximum Gasteiger partial charge on any atom is 0.335 e. The van der Waals surface area contributed by atoms with Gasteiger partial charge >= 0.3 is 11.9 Å². The number of carbonyl (C=O) groups excluding carboxylic acids is 2. The smallest absolute Gasteiger partial charge is 0.335 e. The summed E-state index contributed by atoms with van der Waals surface area (Å²) in [4.78, 5) is 55.2. The van der Waals surface area contributed by atoms with Crippen molar-refractivity contribution >= 4 is 35.2 Å². The van der Waals surface area contributed by atoms with Gasteiger partial charge in [-0.15, -0.1) is 0 Å². The lowest BCUT2D eigenvalue weighted by Crippen LogP contribution is -2.39. The first-order valence-electron chi connectivity index (χ1n) is 15.6. The number of Topliss-reactive ketones (excluding diaryl/α,β-unsaturated/α-hetero) is 1. The number of hydrogen-bond acceptors (Lipinski definition) is 10. The van der Waals surface area contributed by atoms with Gasteiger partial charge in [-0.2, -0.15) is 0 Å². The monoisotopic (exact) mass is 691 g/mol. The van der Waals surface area contributed by atoms with Crippen molar-refractivity contribution < 1.29 is 48.5 Å². The quantitative estimate of drug-likeness (QED) is 0.106. The number of piperidine rings is 1. The molecule has 0 bridgehead atoms. The van der Waals surface area contributed by atoms with E-state index in [9.17, 15) is 23.6 Å². The minimum Gasteiger partial charge on any atom is -0.479 e. The van der Waals surface area contributed by atoms with Gasteiger partial charge in [0.15, 0.2) is 23.1 Å². The number of carboxylic acids is 2. The third-order valence-corrected chi connectivity index (χ3v) is 9.15. The highest BCUT2D eigenvalue weighted by Gasteiger charge is 2.58. The maximum absolute atomic E-state index is 13.4. The Bertz CT molecular complexity index is 1540. The van der Waals surface area contributed by atoms with Crippen molar-refractivity contribution in [1.29, 1.82) is 0 Å². The van der Waals surface area contributed by atoms with Crippen LogP contribution in [0.1, 0.15) is 73.7 Å². The number of H-pyrrole nitrogens is 1. The van der Waals surface area contributed by atoms with Crippen LogP contribution in [-0.4, -0.2) is 96.4 Å². The number of aromatic nitrogens is 3. The molecule has 0 radical (unpaired) electrons. The number of unbranched alkanes of at least 4 members (excludes halogenated alkanes) is 2. The number of nitrogens with zero attached hydrogens (tertiary/aromatic N) is 3. The summed E-state index contributed by atoms with van der Waals surface area (Å²) < 4.78 is 18.2. The molecule has 1 saturated heterocycles. The third kappa shape index (κ3) is 9.46. The molecule has 1 aromatic carbocycles. The van der Waals surface area contributed by atoms with E-state index in [1.54, 1.807) is 18.2 Å². The molecule has 260 valence electrons. The molecule has 6 N–H and O–H groups in total. The number of carbonyl (C=O) groups is 4. The SMILES string of the molecule is CN1CCC2(CC1)C[C@@H]2C(=O)N[C@@H](CCCCCC(=O)c1ccon1)c1nc(Cl)c(-c2ccc(F)cc2)[nH]1.O=C(O)C(O)C(O)C(=O)O. The molecule has 2 unspecified atom stereocenters. The maximum atomic E-state index is 13.4. The van der Waals surface area contributed by atoms with Crippen molar-refractivity contribution in [3.63, 3.8) is 0 Å². The molecule has 2 aromatic heterocycles. The van der Waals surface area contributed by atoms with E-state index in [0.29, 0.717) is 36.5 Å². The van der Waals surface area contributed by atoms with Gasteiger partial charge in [-0.25, -0.2) is 19.0 Å². The lowest BCUT2D eigenvalue weighted by molar-refractivity contribution is -0.165. The summed E-state index contributed by atoms with van der Waals surface area (Å²) in [5, 5.41) is 39.8. The van der Waals surface area contributed by atoms with E-state index in [2.05, 4.69) is 32.4 Å². The van der Waals surface area contributed by atoms with Crippen molar-refractivity contribution in [2.24, 2.45) is 11.3 Å². The summed E-state index contributed by atoms with van der Waals surface area (Å²) in [7, 11) is 2.12. The summed E-state index contributed by atoms with van der Waals surface area (Å²) >= 11 is 6.47. The first-order chi connectivity index (χ1) is 22.8. The predicted molar refractivity (Wildman–Crippen MR) is 168 cm³/mol. The molecule has 1 aliphatic heterocycles. The van der Waals surface area contributed by atoms with Crippen molar-refractivity contribution in [3.8, 4) is 11.3 Å². The van der Waals surface area contributed by atoms with Crippen LogP contribution >= 0.6 is 11.6 Å². The van der Waals surface area contributed by atoms with Crippen LogP contribution in [0.2, 0.25) is 5.15 Å². The van der Waals surface area contributed by atoms with Gasteiger partial charge < -0.3 is 40.1 Å². The number of ketones is 1. The van der Waals surface area contributed by atoms with Gasteiger partial charge in [0.25, 0.3) is 0 Å². The fourth-order valence-corrected chi connectivity index (χ4v) is 6.04. The predicted octanol–water partition coefficient (Wildman–Crippen LogP) is 3.46. The topological polar surface area (TPSA) is 219 Å². The van der Waals surface area contributed by atoms with E-state index in [1.807, 2.05) is 0 Å². The van der Waals surface area contributed by atoms with Crippen molar-refractivity contribution in [1.82, 2.24) is 25.3 Å². The molecule has 2 fully saturated rings. The summed E-state index contributed by atoms with van der Waals surface area (Å²) in [5.74, 6) is -3.23. The molecular weight excluding hydrogens is 653 g/mol. The van der Waals surface area contributed by atoms with Crippen molar-refractivity contribution in [2.75, 3.05) is 20.1 Å². The first kappa shape index (κ1) is 36.7. The summed E-state index contributed by atoms with van der Waals surface area (Å²) in [6.45, 7) is 2.05. The van der Waals surface area contributed by atoms with Gasteiger partial charge in [-0.1, -0.05) is 29.6 Å². The highest BCUT2D eigenvalue weighted by atomic mass is 35.5. The van der Waals surface area contributed by atoms with Gasteiger partial charge in [0, 0.05) is 24.0 Å². The summed E-state index contributed by atoms with van der Waals surface area (Å²) in [6.07, 6.45) is 3.26. The van der Waals surface area contributed by atoms with Crippen molar-refractivity contribution in [3.05, 3.63) is 59.1 Å². The Morgan fingerprint density at radius 2 is 1.71 bits per heavy atom. The third-order valence-electron chi connectivity index (χ3n) is 8.87. The Hall–Kier alpha value is -4.18. The molecule has 4 atom stereocenters. The summed E-state index contributed by atoms with van der Waals surface area (Å²) in [5.41, 5.74) is 1.79. The highest BCUT2D eigenvalue weighted by molar-refractivity contribution is 6.31. The fourth-order valence-electron chi connectivity index (χ4n) is 5.79. The molecule has 48 heavy (non-hydrogen) atoms. The average Bonchev–Trinajstić information content (AvgIpc) is 3.34. The van der Waals surface area contributed by atoms with Crippen LogP contribution in [-0.2, 0) is 14.4 Å². The van der Waals surface area contributed by atoms with E-state index < -0.39 is 24.1 Å². The van der Waals surface area contributed by atoms with Crippen molar-refractivity contribution in [2.45, 2.75) is 69.6 Å². The number of nitrogens with one attached hydrogen (secondary N) is 2. The Balaban J connectivity index is 0.000000453. The number of rotatable bonds is 14. The number of benzene rings is 1. The molecule has 5 rings (SSSR count). The number of aromatic amines is 1. The van der Waals surface area contributed by atoms with Gasteiger partial charge in [0.2, 0.25) is 5.91 Å². The molecule has 1 spiro atoms. The zero-order valence-electron chi connectivity index (χ0n) is 26.3. The first-order valence-corrected chi connectivity index (χ1v) is 15.9. The minimum atomic E-state index is -2.27. The Kier molecular flexibility index (Phi) is 12.4. The number of imidazole rings is 1. The highest BCUT2D eigenvalue weighted by Crippen LogP contribution is 2.59. The van der Waals surface area contributed by atoms with E-state index in [4.69, 9.17) is 36.6 Å². The largest absolute Gasteiger partial charge is 0.479 e. The van der Waals surface area contributed by atoms with Crippen LogP contribution in [0.5, 0.6) is 0 Å². The van der Waals surface area contributed by atoms with Gasteiger partial charge in [0.1, 0.15) is 23.6 Å². The van der Waals surface area contributed by atoms with Crippen LogP contribution in [0.15, 0.2) is 41.1 Å². The lowest BCUT2D eigenvalue weighted by atomic mass is 9.91. The molecule has 2 aliphatic rings. The Labute approximate surface area is 280 Å². The van der Waals surface area contributed by atoms with E-state index >= 15 is 0 Å². The molecule has 1 saturated carbocycles. The average molecular weight is 692 g/mol. The number of likely N-dealkylation sites (tertiary alicyclic amines) is 1. The number of halogens is 2. The lowest BCUT2D eigenvalue weighted by Gasteiger charge is -2.30. The zero-order chi connectivity index (χ0) is 35.0. The number of aliphatic hydroxyl groups excluding tert-OH is 2. The molecule has 16 heteroatoms. The molecular formula is C32H39ClFN5O9. The second-order valence-corrected chi connectivity index (χ2v) is 12.6. The molecule has 1 amide bonds. The Morgan fingerprint density at radius 1 is 1.06 bits per heavy atom. The minimum absolute atomic E-state index is 0.0285. The standard InChI is InChI=1S/C28H33ClFN5O3.C4H6O6/c1-35-14-12-28(13-15-35)17-20(28)27(37)31-22(5-3-2-4-6-23(36)21-11-16-38-34-21)26-32-24(25(29)33-26)18-7-9-19(30)10-8-18;5-1(3(7)8)2(6)4(9)10/h7-11,16,20,22H,2-6,12-15,17H2,1H3,(H,31,37)(H,32,33);1-2,5-6H,(H,7,8)(H,9,10)/t20-,22+;/m1./s1. The van der Waals surface area contributed by atoms with Gasteiger partial charge in [-0.05, 0) is 81.9 Å². The summed E-state index contributed by atoms with van der Waals surface area (Å²) in [6, 6.07) is 7.27. The molecule has 1 aliphatic carbocycles. The second kappa shape index (κ2) is 16.3. The van der Waals surface area contributed by atoms with Crippen LogP contribution in [0.25, 0.3) is 11.3 Å². The number of amides is 1. The van der Waals surface area contributed by atoms with Crippen LogP contribution in [0.3, 0.4) is 0 Å². The van der Waals surface area contributed by atoms with Gasteiger partial charge in [-0.3, -0.25) is 9.59 Å². The van der Waals surface area contributed by atoms with Crippen LogP contribution in [0, 0.1) is 17.2 Å². The number of carboxylic acid groups (broad SMARTS) is 2. The normalized spacial score (nSPS) is 18.6. The zero-order valence-corrected chi connectivity index (χ0v) is 27.0. The second-order valence-electron chi connectivity index (χ2n) is 12.3. The van der Waals surface area contributed by atoms with Crippen LogP contribution in [0.4, 0.5) is 4.39 Å². The molecule has 3 aromatic rings. The fraction of sp³-hybridized carbons (Fsp3) is 0.500. The Morgan fingerprint density at radius 3 is 2.29 bits per heavy atom. The molecule has 14 nitrogen and oxygen atoms in total. The number of hydrogen-bond donors (Lipinski definition) is 6. The van der Waals surface area contributed by atoms with E-state index in [0.717, 1.165) is 50.8 Å². The van der Waals surface area contributed by atoms with E-state index in [-0.39, 0.29) is 40.0 Å². The van der Waals surface area contributed by atoms with Crippen LogP contribution < -0.4 is 5.32 Å². The van der Waals surface area contributed by atoms with Gasteiger partial charge in [0.05, 0.1) is 11.7 Å². The molecule has 3 heterocycles. The number of aliphatic carboxylic acids is 2. The van der Waals surface area contributed by atoms with E-state index in [1.165, 1.54) is 18.4 Å².